The van der Waals surface area contributed by atoms with Crippen molar-refractivity contribution in [3.8, 4) is 0 Å². The van der Waals surface area contributed by atoms with Gasteiger partial charge in [0.2, 0.25) is 17.6 Å². The molecule has 13 heteroatoms. The first-order valence-electron chi connectivity index (χ1n) is 16.1. The van der Waals surface area contributed by atoms with Gasteiger partial charge in [-0.15, -0.1) is 0 Å². The maximum absolute atomic E-state index is 14.2. The smallest absolute Gasteiger partial charge is 0.315 e. The van der Waals surface area contributed by atoms with Crippen LogP contribution in [-0.2, 0) is 19.2 Å². The number of fused-ring (bicyclic) bond motifs is 1. The van der Waals surface area contributed by atoms with E-state index in [2.05, 4.69) is 40.4 Å². The monoisotopic (exact) mass is 633 g/mol. The Balaban J connectivity index is 1.76. The molecule has 7 N–H and O–H groups in total. The standard InChI is InChI=1S/C32H55N7O6/c1-16(2)19(14-34-28(44)38-31(6,7)8)35-29(45)37-24(30(3,4)5)27(43)39-15-18-20(32(18,9)10)22(39)26(42)36-21(17-12-11-13-17)23(40)25(33)41/h16-22,24H,11-15H2,1-10H3,(H2,33,41)(H,36,42)(H2,34,38,44)(H2,35,37,45)/t18-,19+,20-,21?,22-,24+/m0/s1. The number of nitrogens with two attached hydrogens (primary N) is 1. The van der Waals surface area contributed by atoms with Crippen LogP contribution in [0, 0.1) is 34.5 Å². The molecule has 0 radical (unpaired) electrons. The number of likely N-dealkylation sites (tertiary alicyclic amines) is 1. The number of rotatable bonds is 11. The average Bonchev–Trinajstić information content (AvgIpc) is 3.18. The van der Waals surface area contributed by atoms with Crippen molar-refractivity contribution < 1.29 is 28.8 Å². The summed E-state index contributed by atoms with van der Waals surface area (Å²) in [5.41, 5.74) is 3.99. The highest BCUT2D eigenvalue weighted by atomic mass is 16.2. The van der Waals surface area contributed by atoms with Crippen LogP contribution in [0.3, 0.4) is 0 Å². The minimum Gasteiger partial charge on any atom is -0.363 e. The van der Waals surface area contributed by atoms with Crippen molar-refractivity contribution in [3.63, 3.8) is 0 Å². The normalized spacial score (nSPS) is 24.3. The molecule has 1 unspecified atom stereocenters. The van der Waals surface area contributed by atoms with Crippen LogP contribution in [0.4, 0.5) is 9.59 Å². The van der Waals surface area contributed by atoms with Gasteiger partial charge < -0.3 is 37.2 Å². The van der Waals surface area contributed by atoms with E-state index in [1.807, 2.05) is 55.4 Å². The van der Waals surface area contributed by atoms with Crippen molar-refractivity contribution in [1.82, 2.24) is 31.5 Å². The first-order chi connectivity index (χ1) is 20.6. The van der Waals surface area contributed by atoms with Gasteiger partial charge >= 0.3 is 12.1 Å². The van der Waals surface area contributed by atoms with Gasteiger partial charge in [-0.05, 0) is 68.1 Å². The number of carbonyl (C=O) groups excluding carboxylic acids is 6. The van der Waals surface area contributed by atoms with Gasteiger partial charge in [0.25, 0.3) is 5.91 Å². The summed E-state index contributed by atoms with van der Waals surface area (Å²) in [4.78, 5) is 79.6. The first kappa shape index (κ1) is 36.1. The number of nitrogens with zero attached hydrogens (tertiary/aromatic N) is 1. The van der Waals surface area contributed by atoms with Crippen molar-refractivity contribution in [2.24, 2.45) is 40.2 Å². The van der Waals surface area contributed by atoms with Crippen LogP contribution < -0.4 is 32.3 Å². The Labute approximate surface area is 267 Å². The molecule has 254 valence electrons. The topological polar surface area (TPSA) is 192 Å². The number of primary amides is 1. The number of amides is 7. The number of piperidine rings is 1. The molecule has 1 aliphatic heterocycles. The highest BCUT2D eigenvalue weighted by Gasteiger charge is 2.70. The van der Waals surface area contributed by atoms with Gasteiger partial charge in [-0.2, -0.15) is 0 Å². The van der Waals surface area contributed by atoms with E-state index >= 15 is 0 Å². The lowest BCUT2D eigenvalue weighted by molar-refractivity contribution is -0.145. The van der Waals surface area contributed by atoms with E-state index in [1.165, 1.54) is 4.90 Å². The summed E-state index contributed by atoms with van der Waals surface area (Å²) in [5, 5.41) is 14.2. The Kier molecular flexibility index (Phi) is 10.6. The fourth-order valence-corrected chi connectivity index (χ4v) is 6.57. The van der Waals surface area contributed by atoms with E-state index in [-0.39, 0.29) is 41.7 Å². The highest BCUT2D eigenvalue weighted by Crippen LogP contribution is 2.65. The lowest BCUT2D eigenvalue weighted by Gasteiger charge is -2.39. The van der Waals surface area contributed by atoms with Gasteiger partial charge in [0.15, 0.2) is 0 Å². The summed E-state index contributed by atoms with van der Waals surface area (Å²) < 4.78 is 0. The van der Waals surface area contributed by atoms with Gasteiger partial charge in [0, 0.05) is 18.6 Å². The van der Waals surface area contributed by atoms with Crippen LogP contribution in [0.2, 0.25) is 0 Å². The molecular formula is C32H55N7O6. The molecule has 3 aliphatic rings. The van der Waals surface area contributed by atoms with Crippen LogP contribution >= 0.6 is 0 Å². The molecule has 1 heterocycles. The van der Waals surface area contributed by atoms with Crippen LogP contribution in [0.15, 0.2) is 0 Å². The number of hydrogen-bond donors (Lipinski definition) is 6. The average molecular weight is 634 g/mol. The molecule has 3 fully saturated rings. The molecule has 0 aromatic heterocycles. The van der Waals surface area contributed by atoms with Crippen molar-refractivity contribution in [1.29, 1.82) is 0 Å². The summed E-state index contributed by atoms with van der Waals surface area (Å²) in [7, 11) is 0. The van der Waals surface area contributed by atoms with E-state index in [1.54, 1.807) is 0 Å². The number of Topliss-reactive ketones (excluding diaryl/α,β-unsaturated/α-hetero) is 1. The second-order valence-corrected chi connectivity index (χ2v) is 16.1. The highest BCUT2D eigenvalue weighted by molar-refractivity contribution is 6.38. The molecular weight excluding hydrogens is 578 g/mol. The lowest BCUT2D eigenvalue weighted by Crippen LogP contribution is -2.63. The quantitative estimate of drug-likeness (QED) is 0.187. The summed E-state index contributed by atoms with van der Waals surface area (Å²) in [5.74, 6) is -3.04. The van der Waals surface area contributed by atoms with E-state index in [0.29, 0.717) is 19.4 Å². The fourth-order valence-electron chi connectivity index (χ4n) is 6.57. The van der Waals surface area contributed by atoms with Gasteiger partial charge in [-0.1, -0.05) is 54.9 Å². The van der Waals surface area contributed by atoms with Crippen LogP contribution in [0.5, 0.6) is 0 Å². The van der Waals surface area contributed by atoms with Gasteiger partial charge in [-0.3, -0.25) is 19.2 Å². The number of carbonyl (C=O) groups is 6. The van der Waals surface area contributed by atoms with Crippen molar-refractivity contribution in [3.05, 3.63) is 0 Å². The third-order valence-corrected chi connectivity index (χ3v) is 9.69. The molecule has 45 heavy (non-hydrogen) atoms. The number of hydrogen-bond acceptors (Lipinski definition) is 6. The second kappa shape index (κ2) is 13.2. The van der Waals surface area contributed by atoms with Gasteiger partial charge in [-0.25, -0.2) is 9.59 Å². The molecule has 0 spiro atoms. The minimum atomic E-state index is -1.09. The Bertz CT molecular complexity index is 1180. The molecule has 0 aromatic rings. The fraction of sp³-hybridized carbons (Fsp3) is 0.812. The van der Waals surface area contributed by atoms with Crippen molar-refractivity contribution >= 4 is 35.6 Å². The van der Waals surface area contributed by atoms with E-state index in [4.69, 9.17) is 5.73 Å². The maximum atomic E-state index is 14.2. The number of nitrogens with one attached hydrogen (secondary N) is 5. The molecule has 13 nitrogen and oxygen atoms in total. The predicted molar refractivity (Wildman–Crippen MR) is 170 cm³/mol. The zero-order valence-electron chi connectivity index (χ0n) is 28.6. The third-order valence-electron chi connectivity index (χ3n) is 9.69. The van der Waals surface area contributed by atoms with Crippen molar-refractivity contribution in [2.75, 3.05) is 13.1 Å². The molecule has 0 bridgehead atoms. The van der Waals surface area contributed by atoms with Crippen molar-refractivity contribution in [2.45, 2.75) is 118 Å². The molecule has 2 saturated carbocycles. The van der Waals surface area contributed by atoms with E-state index in [0.717, 1.165) is 6.42 Å². The third kappa shape index (κ3) is 8.46. The predicted octanol–water partition coefficient (Wildman–Crippen LogP) is 1.64. The lowest BCUT2D eigenvalue weighted by atomic mass is 9.78. The zero-order valence-corrected chi connectivity index (χ0v) is 28.6. The summed E-state index contributed by atoms with van der Waals surface area (Å²) >= 11 is 0. The zero-order chi connectivity index (χ0) is 34.2. The minimum absolute atomic E-state index is 0.0257. The Morgan fingerprint density at radius 1 is 0.911 bits per heavy atom. The summed E-state index contributed by atoms with van der Waals surface area (Å²) in [6.45, 7) is 19.6. The maximum Gasteiger partial charge on any atom is 0.315 e. The molecule has 7 amide bonds. The largest absolute Gasteiger partial charge is 0.363 e. The summed E-state index contributed by atoms with van der Waals surface area (Å²) in [6.07, 6.45) is 2.30. The van der Waals surface area contributed by atoms with E-state index < -0.39 is 64.7 Å². The Morgan fingerprint density at radius 3 is 1.98 bits per heavy atom. The van der Waals surface area contributed by atoms with Gasteiger partial charge in [0.1, 0.15) is 18.1 Å². The molecule has 6 atom stereocenters. The Morgan fingerprint density at radius 2 is 1.51 bits per heavy atom. The molecule has 2 aliphatic carbocycles. The Hall–Kier alpha value is -3.38. The van der Waals surface area contributed by atoms with Gasteiger partial charge in [0.05, 0.1) is 6.04 Å². The molecule has 3 rings (SSSR count). The van der Waals surface area contributed by atoms with Crippen LogP contribution in [-0.4, -0.2) is 83.3 Å². The number of urea groups is 2. The first-order valence-corrected chi connectivity index (χ1v) is 16.1. The second-order valence-electron chi connectivity index (χ2n) is 16.1. The van der Waals surface area contributed by atoms with Crippen LogP contribution in [0.25, 0.3) is 0 Å². The molecule has 1 saturated heterocycles. The SMILES string of the molecule is CC(C)[C@@H](CNC(=O)NC(C)(C)C)NC(=O)N[C@H](C(=O)N1C[C@H]2[C@@H]([C@H]1C(=O)NC(C(=O)C(N)=O)C1CCC1)C2(C)C)C(C)(C)C. The summed E-state index contributed by atoms with van der Waals surface area (Å²) in [6, 6.07) is -4.19. The number of ketones is 1. The van der Waals surface area contributed by atoms with Crippen LogP contribution in [0.1, 0.15) is 88.5 Å². The molecule has 0 aromatic carbocycles. The van der Waals surface area contributed by atoms with E-state index in [9.17, 15) is 28.8 Å².